The third-order valence-electron chi connectivity index (χ3n) is 4.95. The minimum absolute atomic E-state index is 0.108. The molecule has 2 aliphatic rings. The van der Waals surface area contributed by atoms with Gasteiger partial charge in [0.05, 0.1) is 6.61 Å². The molecular formula is C20H22N2O3. The minimum Gasteiger partial charge on any atom is -0.490 e. The standard InChI is InChI=1S/C20H22N2O3/c23-20(19-13-15-3-1-2-4-16(15)14-24-19)22-11-7-18(8-12-22)25-17-5-9-21-10-6-17/h1-6,9-10,18-19H,7-8,11-14H2/t19-/m0/s1. The lowest BCUT2D eigenvalue weighted by Gasteiger charge is -2.35. The zero-order chi connectivity index (χ0) is 17.1. The van der Waals surface area contributed by atoms with E-state index in [2.05, 4.69) is 17.1 Å². The Labute approximate surface area is 147 Å². The molecule has 0 aliphatic carbocycles. The number of rotatable bonds is 3. The van der Waals surface area contributed by atoms with Gasteiger partial charge in [0.1, 0.15) is 18.0 Å². The molecule has 1 amide bonds. The number of likely N-dealkylation sites (tertiary alicyclic amines) is 1. The molecule has 2 aliphatic heterocycles. The van der Waals surface area contributed by atoms with E-state index < -0.39 is 0 Å². The van der Waals surface area contributed by atoms with E-state index in [0.29, 0.717) is 13.0 Å². The van der Waals surface area contributed by atoms with E-state index in [-0.39, 0.29) is 18.1 Å². The first-order chi connectivity index (χ1) is 12.3. The van der Waals surface area contributed by atoms with Crippen molar-refractivity contribution in [3.05, 3.63) is 59.9 Å². The number of piperidine rings is 1. The molecule has 130 valence electrons. The summed E-state index contributed by atoms with van der Waals surface area (Å²) < 4.78 is 11.8. The third kappa shape index (κ3) is 3.66. The molecule has 0 saturated carbocycles. The number of hydrogen-bond acceptors (Lipinski definition) is 4. The molecule has 1 aromatic heterocycles. The molecule has 25 heavy (non-hydrogen) atoms. The van der Waals surface area contributed by atoms with Gasteiger partial charge >= 0.3 is 0 Å². The van der Waals surface area contributed by atoms with Gasteiger partial charge in [-0.2, -0.15) is 0 Å². The highest BCUT2D eigenvalue weighted by molar-refractivity contribution is 5.81. The van der Waals surface area contributed by atoms with Gasteiger partial charge in [-0.15, -0.1) is 0 Å². The third-order valence-corrected chi connectivity index (χ3v) is 4.95. The van der Waals surface area contributed by atoms with Gasteiger partial charge in [-0.05, 0) is 23.3 Å². The van der Waals surface area contributed by atoms with Gasteiger partial charge in [-0.25, -0.2) is 0 Å². The molecule has 3 heterocycles. The van der Waals surface area contributed by atoms with E-state index >= 15 is 0 Å². The van der Waals surface area contributed by atoms with Crippen molar-refractivity contribution in [2.45, 2.75) is 38.1 Å². The predicted molar refractivity (Wildman–Crippen MR) is 93.2 cm³/mol. The van der Waals surface area contributed by atoms with Crippen molar-refractivity contribution in [3.63, 3.8) is 0 Å². The lowest BCUT2D eigenvalue weighted by Crippen LogP contribution is -2.48. The van der Waals surface area contributed by atoms with Crippen molar-refractivity contribution in [2.75, 3.05) is 13.1 Å². The van der Waals surface area contributed by atoms with Gasteiger partial charge in [0.15, 0.2) is 0 Å². The molecule has 0 N–H and O–H groups in total. The van der Waals surface area contributed by atoms with Gasteiger partial charge in [0.25, 0.3) is 5.91 Å². The molecule has 1 aromatic carbocycles. The first-order valence-electron chi connectivity index (χ1n) is 8.83. The summed E-state index contributed by atoms with van der Waals surface area (Å²) in [4.78, 5) is 18.7. The number of ether oxygens (including phenoxy) is 2. The summed E-state index contributed by atoms with van der Waals surface area (Å²) in [5.41, 5.74) is 2.42. The molecule has 2 aromatic rings. The Morgan fingerprint density at radius 3 is 2.56 bits per heavy atom. The van der Waals surface area contributed by atoms with Gasteiger partial charge in [0, 0.05) is 44.7 Å². The highest BCUT2D eigenvalue weighted by Crippen LogP contribution is 2.24. The summed E-state index contributed by atoms with van der Waals surface area (Å²) in [5, 5.41) is 0. The van der Waals surface area contributed by atoms with Crippen LogP contribution in [0.15, 0.2) is 48.8 Å². The number of pyridine rings is 1. The van der Waals surface area contributed by atoms with Gasteiger partial charge in [-0.3, -0.25) is 9.78 Å². The van der Waals surface area contributed by atoms with Crippen molar-refractivity contribution >= 4 is 5.91 Å². The zero-order valence-corrected chi connectivity index (χ0v) is 14.1. The molecule has 0 bridgehead atoms. The number of carbonyl (C=O) groups is 1. The minimum atomic E-state index is -0.354. The number of benzene rings is 1. The topological polar surface area (TPSA) is 51.7 Å². The largest absolute Gasteiger partial charge is 0.490 e. The maximum atomic E-state index is 12.8. The smallest absolute Gasteiger partial charge is 0.252 e. The number of fused-ring (bicyclic) bond motifs is 1. The molecule has 0 radical (unpaired) electrons. The second-order valence-electron chi connectivity index (χ2n) is 6.60. The van der Waals surface area contributed by atoms with Crippen molar-refractivity contribution in [1.82, 2.24) is 9.88 Å². The zero-order valence-electron chi connectivity index (χ0n) is 14.1. The van der Waals surface area contributed by atoms with E-state index in [0.717, 1.165) is 31.7 Å². The molecule has 1 fully saturated rings. The fraction of sp³-hybridized carbons (Fsp3) is 0.400. The van der Waals surface area contributed by atoms with Crippen LogP contribution in [0.1, 0.15) is 24.0 Å². The first-order valence-corrected chi connectivity index (χ1v) is 8.83. The predicted octanol–water partition coefficient (Wildman–Crippen LogP) is 2.59. The maximum Gasteiger partial charge on any atom is 0.252 e. The Hall–Kier alpha value is -2.40. The molecule has 5 nitrogen and oxygen atoms in total. The Morgan fingerprint density at radius 1 is 1.08 bits per heavy atom. The Kier molecular flexibility index (Phi) is 4.65. The van der Waals surface area contributed by atoms with Crippen LogP contribution in [0.2, 0.25) is 0 Å². The normalized spacial score (nSPS) is 20.8. The highest BCUT2D eigenvalue weighted by Gasteiger charge is 2.31. The molecule has 1 atom stereocenters. The first kappa shape index (κ1) is 16.1. The van der Waals surface area contributed by atoms with Crippen LogP contribution in [0.4, 0.5) is 0 Å². The number of amides is 1. The van der Waals surface area contributed by atoms with Crippen LogP contribution in [-0.2, 0) is 22.6 Å². The van der Waals surface area contributed by atoms with E-state index in [1.165, 1.54) is 11.1 Å². The molecule has 1 saturated heterocycles. The number of hydrogen-bond donors (Lipinski definition) is 0. The molecule has 0 unspecified atom stereocenters. The van der Waals surface area contributed by atoms with Crippen LogP contribution in [0.25, 0.3) is 0 Å². The SMILES string of the molecule is O=C([C@@H]1Cc2ccccc2CO1)N1CCC(Oc2ccncc2)CC1. The van der Waals surface area contributed by atoms with Crippen LogP contribution in [0.5, 0.6) is 5.75 Å². The van der Waals surface area contributed by atoms with Gasteiger partial charge in [0.2, 0.25) is 0 Å². The Bertz CT molecular complexity index is 727. The fourth-order valence-electron chi connectivity index (χ4n) is 3.51. The fourth-order valence-corrected chi connectivity index (χ4v) is 3.51. The van der Waals surface area contributed by atoms with Crippen LogP contribution >= 0.6 is 0 Å². The number of carbonyl (C=O) groups excluding carboxylic acids is 1. The molecule has 5 heteroatoms. The lowest BCUT2D eigenvalue weighted by atomic mass is 9.98. The molecule has 0 spiro atoms. The Morgan fingerprint density at radius 2 is 1.80 bits per heavy atom. The molecule has 4 rings (SSSR count). The summed E-state index contributed by atoms with van der Waals surface area (Å²) in [7, 11) is 0. The summed E-state index contributed by atoms with van der Waals surface area (Å²) in [5.74, 6) is 0.948. The van der Waals surface area contributed by atoms with E-state index in [1.807, 2.05) is 29.2 Å². The van der Waals surface area contributed by atoms with E-state index in [1.54, 1.807) is 12.4 Å². The maximum absolute atomic E-state index is 12.8. The summed E-state index contributed by atoms with van der Waals surface area (Å²) >= 11 is 0. The number of nitrogens with zero attached hydrogens (tertiary/aromatic N) is 2. The van der Waals surface area contributed by atoms with Gasteiger partial charge in [-0.1, -0.05) is 24.3 Å². The second kappa shape index (κ2) is 7.23. The van der Waals surface area contributed by atoms with Crippen LogP contribution in [0, 0.1) is 0 Å². The summed E-state index contributed by atoms with van der Waals surface area (Å²) in [6, 6.07) is 11.9. The van der Waals surface area contributed by atoms with E-state index in [9.17, 15) is 4.79 Å². The summed E-state index contributed by atoms with van der Waals surface area (Å²) in [6.45, 7) is 1.96. The quantitative estimate of drug-likeness (QED) is 0.863. The Balaban J connectivity index is 1.31. The van der Waals surface area contributed by atoms with Crippen molar-refractivity contribution < 1.29 is 14.3 Å². The van der Waals surface area contributed by atoms with Gasteiger partial charge < -0.3 is 14.4 Å². The highest BCUT2D eigenvalue weighted by atomic mass is 16.5. The monoisotopic (exact) mass is 338 g/mol. The molecular weight excluding hydrogens is 316 g/mol. The summed E-state index contributed by atoms with van der Waals surface area (Å²) in [6.07, 6.45) is 5.61. The van der Waals surface area contributed by atoms with Crippen molar-refractivity contribution in [2.24, 2.45) is 0 Å². The lowest BCUT2D eigenvalue weighted by molar-refractivity contribution is -0.147. The van der Waals surface area contributed by atoms with Crippen LogP contribution in [-0.4, -0.2) is 41.1 Å². The van der Waals surface area contributed by atoms with Crippen LogP contribution < -0.4 is 4.74 Å². The average Bonchev–Trinajstić information content (AvgIpc) is 2.68. The van der Waals surface area contributed by atoms with E-state index in [4.69, 9.17) is 9.47 Å². The van der Waals surface area contributed by atoms with Crippen LogP contribution in [0.3, 0.4) is 0 Å². The average molecular weight is 338 g/mol. The number of aromatic nitrogens is 1. The van der Waals surface area contributed by atoms with Crippen molar-refractivity contribution in [3.8, 4) is 5.75 Å². The second-order valence-corrected chi connectivity index (χ2v) is 6.60. The van der Waals surface area contributed by atoms with Crippen molar-refractivity contribution in [1.29, 1.82) is 0 Å².